The second-order valence-corrected chi connectivity index (χ2v) is 7.65. The zero-order chi connectivity index (χ0) is 13.8. The van der Waals surface area contributed by atoms with Crippen LogP contribution in [0.2, 0.25) is 0 Å². The topological polar surface area (TPSA) is 29.1 Å². The Hall–Kier alpha value is 0.380. The second kappa shape index (κ2) is 7.41. The summed E-state index contributed by atoms with van der Waals surface area (Å²) in [5, 5.41) is 4.17. The summed E-state index contributed by atoms with van der Waals surface area (Å²) in [6.45, 7) is 0. The highest BCUT2D eigenvalue weighted by atomic mass is 127. The third kappa shape index (κ3) is 4.17. The van der Waals surface area contributed by atoms with Crippen molar-refractivity contribution in [2.24, 2.45) is 5.92 Å². The Balaban J connectivity index is 2.09. The van der Waals surface area contributed by atoms with Gasteiger partial charge in [-0.2, -0.15) is 0 Å². The molecule has 0 heterocycles. The normalized spacial score (nSPS) is 23.1. The number of hydrogen-bond donors (Lipinski definition) is 1. The Labute approximate surface area is 144 Å². The lowest BCUT2D eigenvalue weighted by molar-refractivity contribution is 0.0911. The Morgan fingerprint density at radius 2 is 2.11 bits per heavy atom. The predicted octanol–water partition coefficient (Wildman–Crippen LogP) is 4.74. The maximum atomic E-state index is 12.4. The monoisotopic (exact) mass is 499 g/mol. The summed E-state index contributed by atoms with van der Waals surface area (Å²) >= 11 is 9.25. The molecule has 2 rings (SSSR count). The molecule has 0 aromatic heterocycles. The minimum Gasteiger partial charge on any atom is -0.349 e. The van der Waals surface area contributed by atoms with Crippen molar-refractivity contribution in [3.8, 4) is 0 Å². The molecule has 1 aliphatic carbocycles. The van der Waals surface area contributed by atoms with E-state index in [9.17, 15) is 4.79 Å². The highest BCUT2D eigenvalue weighted by molar-refractivity contribution is 14.1. The van der Waals surface area contributed by atoms with Crippen LogP contribution in [-0.4, -0.2) is 17.3 Å². The van der Waals surface area contributed by atoms with Crippen molar-refractivity contribution in [3.63, 3.8) is 0 Å². The van der Waals surface area contributed by atoms with Crippen LogP contribution in [0.15, 0.2) is 22.7 Å². The van der Waals surface area contributed by atoms with Gasteiger partial charge in [0.15, 0.2) is 0 Å². The molecule has 1 saturated carbocycles. The van der Waals surface area contributed by atoms with Gasteiger partial charge in [0, 0.05) is 19.4 Å². The van der Waals surface area contributed by atoms with Crippen LogP contribution in [0.5, 0.6) is 0 Å². The van der Waals surface area contributed by atoms with Gasteiger partial charge in [0.1, 0.15) is 0 Å². The number of benzene rings is 1. The highest BCUT2D eigenvalue weighted by Gasteiger charge is 2.26. The number of hydrogen-bond acceptors (Lipinski definition) is 1. The molecule has 0 saturated heterocycles. The number of carbonyl (C=O) groups excluding carboxylic acids is 1. The molecular weight excluding hydrogens is 485 g/mol. The summed E-state index contributed by atoms with van der Waals surface area (Å²) in [5.74, 6) is 0.586. The van der Waals surface area contributed by atoms with Gasteiger partial charge in [-0.05, 0) is 75.5 Å². The summed E-state index contributed by atoms with van der Waals surface area (Å²) in [5.41, 5.74) is 0.728. The number of carbonyl (C=O) groups is 1. The summed E-state index contributed by atoms with van der Waals surface area (Å²) in [6.07, 6.45) is 4.77. The van der Waals surface area contributed by atoms with E-state index in [1.807, 2.05) is 18.2 Å². The lowest BCUT2D eigenvalue weighted by Gasteiger charge is -2.31. The first-order valence-corrected chi connectivity index (χ1v) is 9.43. The van der Waals surface area contributed by atoms with Gasteiger partial charge in [-0.25, -0.2) is 0 Å². The predicted molar refractivity (Wildman–Crippen MR) is 93.9 cm³/mol. The molecule has 2 nitrogen and oxygen atoms in total. The van der Waals surface area contributed by atoms with Gasteiger partial charge in [0.25, 0.3) is 5.91 Å². The van der Waals surface area contributed by atoms with Gasteiger partial charge in [0.2, 0.25) is 0 Å². The number of halogens is 3. The molecular formula is C14H16Br2INO. The molecule has 1 aromatic rings. The molecule has 1 aliphatic rings. The van der Waals surface area contributed by atoms with E-state index < -0.39 is 0 Å². The minimum absolute atomic E-state index is 0.0308. The maximum absolute atomic E-state index is 12.4. The molecule has 19 heavy (non-hydrogen) atoms. The van der Waals surface area contributed by atoms with Crippen molar-refractivity contribution in [3.05, 3.63) is 31.8 Å². The fraction of sp³-hybridized carbons (Fsp3) is 0.500. The molecule has 0 bridgehead atoms. The molecule has 0 radical (unpaired) electrons. The molecule has 5 heteroatoms. The Kier molecular flexibility index (Phi) is 6.14. The van der Waals surface area contributed by atoms with Crippen LogP contribution in [-0.2, 0) is 0 Å². The van der Waals surface area contributed by atoms with E-state index in [0.717, 1.165) is 25.4 Å². The van der Waals surface area contributed by atoms with Crippen LogP contribution < -0.4 is 5.32 Å². The summed E-state index contributed by atoms with van der Waals surface area (Å²) in [6, 6.07) is 6.14. The third-order valence-electron chi connectivity index (χ3n) is 3.60. The minimum atomic E-state index is 0.0308. The molecule has 1 N–H and O–H groups in total. The van der Waals surface area contributed by atoms with Crippen molar-refractivity contribution in [2.45, 2.75) is 31.7 Å². The van der Waals surface area contributed by atoms with E-state index in [1.165, 1.54) is 19.3 Å². The SMILES string of the molecule is O=C(NC1CCCCC1CBr)c1cc(I)ccc1Br. The van der Waals surface area contributed by atoms with Crippen molar-refractivity contribution < 1.29 is 4.79 Å². The van der Waals surface area contributed by atoms with E-state index >= 15 is 0 Å². The lowest BCUT2D eigenvalue weighted by Crippen LogP contribution is -2.42. The van der Waals surface area contributed by atoms with Crippen molar-refractivity contribution in [2.75, 3.05) is 5.33 Å². The molecule has 0 aliphatic heterocycles. The van der Waals surface area contributed by atoms with Crippen LogP contribution in [0.3, 0.4) is 0 Å². The Morgan fingerprint density at radius 1 is 1.37 bits per heavy atom. The number of amides is 1. The Morgan fingerprint density at radius 3 is 2.84 bits per heavy atom. The van der Waals surface area contributed by atoms with Crippen LogP contribution in [0.1, 0.15) is 36.0 Å². The van der Waals surface area contributed by atoms with Gasteiger partial charge in [0.05, 0.1) is 5.56 Å². The first-order valence-electron chi connectivity index (χ1n) is 6.43. The number of nitrogens with one attached hydrogen (secondary N) is 1. The van der Waals surface area contributed by atoms with Gasteiger partial charge in [-0.15, -0.1) is 0 Å². The van der Waals surface area contributed by atoms with Crippen LogP contribution >= 0.6 is 54.5 Å². The summed E-state index contributed by atoms with van der Waals surface area (Å²) in [4.78, 5) is 12.4. The van der Waals surface area contributed by atoms with Crippen molar-refractivity contribution in [1.82, 2.24) is 5.32 Å². The Bertz CT molecular complexity index is 467. The van der Waals surface area contributed by atoms with E-state index in [0.29, 0.717) is 12.0 Å². The largest absolute Gasteiger partial charge is 0.349 e. The number of rotatable bonds is 3. The van der Waals surface area contributed by atoms with E-state index in [4.69, 9.17) is 0 Å². The average Bonchev–Trinajstić information content (AvgIpc) is 2.42. The van der Waals surface area contributed by atoms with Gasteiger partial charge in [-0.1, -0.05) is 28.8 Å². The first kappa shape index (κ1) is 15.8. The number of alkyl halides is 1. The third-order valence-corrected chi connectivity index (χ3v) is 5.79. The van der Waals surface area contributed by atoms with Gasteiger partial charge in [-0.3, -0.25) is 4.79 Å². The first-order chi connectivity index (χ1) is 9.11. The molecule has 104 valence electrons. The van der Waals surface area contributed by atoms with E-state index in [-0.39, 0.29) is 5.91 Å². The second-order valence-electron chi connectivity index (χ2n) is 4.90. The lowest BCUT2D eigenvalue weighted by atomic mass is 9.86. The quantitative estimate of drug-likeness (QED) is 0.471. The van der Waals surface area contributed by atoms with E-state index in [2.05, 4.69) is 59.8 Å². The summed E-state index contributed by atoms with van der Waals surface area (Å²) < 4.78 is 1.93. The fourth-order valence-electron chi connectivity index (χ4n) is 2.50. The summed E-state index contributed by atoms with van der Waals surface area (Å²) in [7, 11) is 0. The smallest absolute Gasteiger partial charge is 0.252 e. The fourth-order valence-corrected chi connectivity index (χ4v) is 4.19. The van der Waals surface area contributed by atoms with Crippen LogP contribution in [0.4, 0.5) is 0 Å². The molecule has 1 fully saturated rings. The average molecular weight is 501 g/mol. The standard InChI is InChI=1S/C14H16Br2INO/c15-8-9-3-1-2-4-13(9)18-14(19)11-7-10(17)5-6-12(11)16/h5-7,9,13H,1-4,8H2,(H,18,19). The van der Waals surface area contributed by atoms with Gasteiger partial charge >= 0.3 is 0 Å². The molecule has 0 spiro atoms. The molecule has 1 aromatic carbocycles. The molecule has 2 atom stereocenters. The zero-order valence-corrected chi connectivity index (χ0v) is 15.8. The molecule has 2 unspecified atom stereocenters. The van der Waals surface area contributed by atoms with Crippen LogP contribution in [0, 0.1) is 9.49 Å². The van der Waals surface area contributed by atoms with Gasteiger partial charge < -0.3 is 5.32 Å². The maximum Gasteiger partial charge on any atom is 0.252 e. The highest BCUT2D eigenvalue weighted by Crippen LogP contribution is 2.27. The van der Waals surface area contributed by atoms with E-state index in [1.54, 1.807) is 0 Å². The van der Waals surface area contributed by atoms with Crippen LogP contribution in [0.25, 0.3) is 0 Å². The zero-order valence-electron chi connectivity index (χ0n) is 10.5. The molecule has 1 amide bonds. The van der Waals surface area contributed by atoms with Crippen molar-refractivity contribution in [1.29, 1.82) is 0 Å². The van der Waals surface area contributed by atoms with Crippen molar-refractivity contribution >= 4 is 60.4 Å².